The maximum absolute atomic E-state index is 12.4. The summed E-state index contributed by atoms with van der Waals surface area (Å²) in [4.78, 5) is 18.9. The Morgan fingerprint density at radius 3 is 3.10 bits per heavy atom. The standard InChI is InChI=1S/C16H19N3O/c20-16(12-19-8-3-6-17-7-9-19)14-10-13-4-1-2-5-15(13)18-11-14/h1-2,4-5,10-11,17H,3,6-9,12H2. The third kappa shape index (κ3) is 3.03. The van der Waals surface area contributed by atoms with Crippen molar-refractivity contribution in [1.82, 2.24) is 15.2 Å². The summed E-state index contributed by atoms with van der Waals surface area (Å²) in [6, 6.07) is 9.83. The Bertz CT molecular complexity index is 603. The van der Waals surface area contributed by atoms with E-state index in [0.717, 1.165) is 43.5 Å². The molecule has 2 aromatic rings. The monoisotopic (exact) mass is 269 g/mol. The second-order valence-electron chi connectivity index (χ2n) is 5.22. The van der Waals surface area contributed by atoms with Crippen molar-refractivity contribution in [2.24, 2.45) is 0 Å². The summed E-state index contributed by atoms with van der Waals surface area (Å²) in [5.41, 5.74) is 1.64. The van der Waals surface area contributed by atoms with Crippen molar-refractivity contribution in [3.8, 4) is 0 Å². The van der Waals surface area contributed by atoms with Gasteiger partial charge in [-0.05, 0) is 31.6 Å². The lowest BCUT2D eigenvalue weighted by atomic mass is 10.1. The molecule has 2 heterocycles. The highest BCUT2D eigenvalue weighted by molar-refractivity contribution is 6.00. The highest BCUT2D eigenvalue weighted by Crippen LogP contribution is 2.13. The Hall–Kier alpha value is -1.78. The van der Waals surface area contributed by atoms with Gasteiger partial charge in [0.05, 0.1) is 12.1 Å². The van der Waals surface area contributed by atoms with Gasteiger partial charge in [0, 0.05) is 30.2 Å². The molecule has 1 saturated heterocycles. The molecule has 0 atom stereocenters. The van der Waals surface area contributed by atoms with Crippen LogP contribution in [-0.4, -0.2) is 48.4 Å². The summed E-state index contributed by atoms with van der Waals surface area (Å²) in [7, 11) is 0. The Labute approximate surface area is 118 Å². The number of nitrogens with zero attached hydrogens (tertiary/aromatic N) is 2. The fraction of sp³-hybridized carbons (Fsp3) is 0.375. The van der Waals surface area contributed by atoms with Gasteiger partial charge in [0.1, 0.15) is 0 Å². The molecule has 3 rings (SSSR count). The van der Waals surface area contributed by atoms with Crippen molar-refractivity contribution in [2.45, 2.75) is 6.42 Å². The van der Waals surface area contributed by atoms with Gasteiger partial charge in [0.25, 0.3) is 0 Å². The maximum atomic E-state index is 12.4. The van der Waals surface area contributed by atoms with E-state index in [-0.39, 0.29) is 5.78 Å². The number of carbonyl (C=O) groups excluding carboxylic acids is 1. The van der Waals surface area contributed by atoms with Crippen LogP contribution in [0.2, 0.25) is 0 Å². The molecule has 0 unspecified atom stereocenters. The molecule has 104 valence electrons. The molecule has 1 aromatic heterocycles. The van der Waals surface area contributed by atoms with Crippen molar-refractivity contribution in [3.05, 3.63) is 42.1 Å². The van der Waals surface area contributed by atoms with Crippen molar-refractivity contribution in [3.63, 3.8) is 0 Å². The number of pyridine rings is 1. The Morgan fingerprint density at radius 2 is 2.15 bits per heavy atom. The van der Waals surface area contributed by atoms with Crippen LogP contribution < -0.4 is 5.32 Å². The van der Waals surface area contributed by atoms with Gasteiger partial charge in [0.2, 0.25) is 0 Å². The number of para-hydroxylation sites is 1. The quantitative estimate of drug-likeness (QED) is 0.862. The van der Waals surface area contributed by atoms with Crippen LogP contribution in [-0.2, 0) is 0 Å². The number of hydrogen-bond donors (Lipinski definition) is 1. The van der Waals surface area contributed by atoms with Crippen molar-refractivity contribution in [1.29, 1.82) is 0 Å². The second-order valence-corrected chi connectivity index (χ2v) is 5.22. The SMILES string of the molecule is O=C(CN1CCCNCC1)c1cnc2ccccc2c1. The molecule has 1 aliphatic rings. The fourth-order valence-corrected chi connectivity index (χ4v) is 2.58. The van der Waals surface area contributed by atoms with Gasteiger partial charge in [0.15, 0.2) is 5.78 Å². The third-order valence-corrected chi connectivity index (χ3v) is 3.71. The minimum absolute atomic E-state index is 0.158. The first-order valence-corrected chi connectivity index (χ1v) is 7.14. The van der Waals surface area contributed by atoms with Crippen LogP contribution in [0.5, 0.6) is 0 Å². The average molecular weight is 269 g/mol. The molecular weight excluding hydrogens is 250 g/mol. The zero-order chi connectivity index (χ0) is 13.8. The predicted octanol–water partition coefficient (Wildman–Crippen LogP) is 1.71. The molecule has 20 heavy (non-hydrogen) atoms. The first-order chi connectivity index (χ1) is 9.83. The zero-order valence-electron chi connectivity index (χ0n) is 11.5. The highest BCUT2D eigenvalue weighted by atomic mass is 16.1. The van der Waals surface area contributed by atoms with Crippen LogP contribution in [0.25, 0.3) is 10.9 Å². The number of benzene rings is 1. The predicted molar refractivity (Wildman–Crippen MR) is 80.0 cm³/mol. The van der Waals surface area contributed by atoms with Crippen LogP contribution in [0.3, 0.4) is 0 Å². The Balaban J connectivity index is 1.74. The van der Waals surface area contributed by atoms with E-state index in [1.165, 1.54) is 0 Å². The number of carbonyl (C=O) groups is 1. The lowest BCUT2D eigenvalue weighted by Crippen LogP contribution is -2.33. The number of ketones is 1. The molecule has 0 radical (unpaired) electrons. The smallest absolute Gasteiger partial charge is 0.178 e. The number of hydrogen-bond acceptors (Lipinski definition) is 4. The van der Waals surface area contributed by atoms with Crippen LogP contribution in [0.15, 0.2) is 36.5 Å². The topological polar surface area (TPSA) is 45.2 Å². The molecule has 1 N–H and O–H groups in total. The van der Waals surface area contributed by atoms with Crippen molar-refractivity contribution in [2.75, 3.05) is 32.7 Å². The summed E-state index contributed by atoms with van der Waals surface area (Å²) >= 11 is 0. The van der Waals surface area contributed by atoms with Gasteiger partial charge in [-0.2, -0.15) is 0 Å². The number of fused-ring (bicyclic) bond motifs is 1. The van der Waals surface area contributed by atoms with Crippen LogP contribution in [0, 0.1) is 0 Å². The van der Waals surface area contributed by atoms with E-state index in [1.807, 2.05) is 30.3 Å². The summed E-state index contributed by atoms with van der Waals surface area (Å²) < 4.78 is 0. The van der Waals surface area contributed by atoms with Gasteiger partial charge >= 0.3 is 0 Å². The molecule has 4 heteroatoms. The van der Waals surface area contributed by atoms with Gasteiger partial charge in [-0.1, -0.05) is 18.2 Å². The van der Waals surface area contributed by atoms with E-state index >= 15 is 0 Å². The highest BCUT2D eigenvalue weighted by Gasteiger charge is 2.14. The largest absolute Gasteiger partial charge is 0.315 e. The van der Waals surface area contributed by atoms with Gasteiger partial charge < -0.3 is 5.32 Å². The molecule has 0 aliphatic carbocycles. The van der Waals surface area contributed by atoms with Crippen LogP contribution in [0.4, 0.5) is 0 Å². The first-order valence-electron chi connectivity index (χ1n) is 7.14. The molecule has 1 aromatic carbocycles. The number of Topliss-reactive ketones (excluding diaryl/α,β-unsaturated/α-hetero) is 1. The van der Waals surface area contributed by atoms with E-state index in [1.54, 1.807) is 6.20 Å². The van der Waals surface area contributed by atoms with Crippen molar-refractivity contribution < 1.29 is 4.79 Å². The summed E-state index contributed by atoms with van der Waals surface area (Å²) in [5.74, 6) is 0.158. The first kappa shape index (κ1) is 13.2. The van der Waals surface area contributed by atoms with Gasteiger partial charge in [-0.3, -0.25) is 14.7 Å². The number of nitrogens with one attached hydrogen (secondary N) is 1. The Morgan fingerprint density at radius 1 is 1.25 bits per heavy atom. The average Bonchev–Trinajstić information content (AvgIpc) is 2.75. The summed E-state index contributed by atoms with van der Waals surface area (Å²) in [6.07, 6.45) is 2.80. The number of rotatable bonds is 3. The molecular formula is C16H19N3O. The molecule has 0 amide bonds. The minimum atomic E-state index is 0.158. The van der Waals surface area contributed by atoms with E-state index in [4.69, 9.17) is 0 Å². The lowest BCUT2D eigenvalue weighted by molar-refractivity contribution is 0.0935. The van der Waals surface area contributed by atoms with E-state index in [9.17, 15) is 4.79 Å². The molecule has 0 bridgehead atoms. The fourth-order valence-electron chi connectivity index (χ4n) is 2.58. The van der Waals surface area contributed by atoms with Crippen LogP contribution in [0.1, 0.15) is 16.8 Å². The van der Waals surface area contributed by atoms with E-state index in [0.29, 0.717) is 12.1 Å². The van der Waals surface area contributed by atoms with E-state index in [2.05, 4.69) is 15.2 Å². The van der Waals surface area contributed by atoms with Crippen LogP contribution >= 0.6 is 0 Å². The minimum Gasteiger partial charge on any atom is -0.315 e. The summed E-state index contributed by atoms with van der Waals surface area (Å²) in [6.45, 7) is 4.42. The zero-order valence-corrected chi connectivity index (χ0v) is 11.5. The summed E-state index contributed by atoms with van der Waals surface area (Å²) in [5, 5.41) is 4.37. The van der Waals surface area contributed by atoms with Crippen molar-refractivity contribution >= 4 is 16.7 Å². The lowest BCUT2D eigenvalue weighted by Gasteiger charge is -2.18. The molecule has 0 spiro atoms. The molecule has 4 nitrogen and oxygen atoms in total. The Kier molecular flexibility index (Phi) is 4.04. The third-order valence-electron chi connectivity index (χ3n) is 3.71. The normalized spacial score (nSPS) is 17.0. The molecule has 0 saturated carbocycles. The molecule has 1 fully saturated rings. The number of aromatic nitrogens is 1. The van der Waals surface area contributed by atoms with E-state index < -0.39 is 0 Å². The van der Waals surface area contributed by atoms with Gasteiger partial charge in [-0.25, -0.2) is 0 Å². The maximum Gasteiger partial charge on any atom is 0.178 e. The second kappa shape index (κ2) is 6.11. The molecule has 1 aliphatic heterocycles. The van der Waals surface area contributed by atoms with Gasteiger partial charge in [-0.15, -0.1) is 0 Å².